The van der Waals surface area contributed by atoms with Crippen molar-refractivity contribution in [3.8, 4) is 6.07 Å². The molecule has 5 nitrogen and oxygen atoms in total. The van der Waals surface area contributed by atoms with Gasteiger partial charge in [0.1, 0.15) is 0 Å². The maximum Gasteiger partial charge on any atom is 0.298 e. The second-order valence-electron chi connectivity index (χ2n) is 3.98. The highest BCUT2D eigenvalue weighted by molar-refractivity contribution is 6.46. The van der Waals surface area contributed by atoms with E-state index in [1.165, 1.54) is 6.07 Å². The Balaban J connectivity index is 2.16. The standard InChI is InChI=1S/C14H11N3O2/c1-17-7-3-6-12(17)13(18)14(19)16-11-5-2-4-10(8-11)9-15/h2-8H,1H3,(H,16,19). The van der Waals surface area contributed by atoms with Gasteiger partial charge >= 0.3 is 0 Å². The van der Waals surface area contributed by atoms with Crippen molar-refractivity contribution in [3.05, 3.63) is 53.9 Å². The van der Waals surface area contributed by atoms with Crippen molar-refractivity contribution < 1.29 is 9.59 Å². The minimum Gasteiger partial charge on any atom is -0.348 e. The fourth-order valence-corrected chi connectivity index (χ4v) is 1.67. The molecule has 5 heteroatoms. The molecule has 0 radical (unpaired) electrons. The zero-order valence-corrected chi connectivity index (χ0v) is 10.3. The van der Waals surface area contributed by atoms with Gasteiger partial charge in [-0.15, -0.1) is 0 Å². The first kappa shape index (κ1) is 12.6. The van der Waals surface area contributed by atoms with Crippen LogP contribution in [0.1, 0.15) is 16.1 Å². The van der Waals surface area contributed by atoms with Crippen molar-refractivity contribution in [1.82, 2.24) is 4.57 Å². The van der Waals surface area contributed by atoms with Crippen LogP contribution in [0.15, 0.2) is 42.6 Å². The summed E-state index contributed by atoms with van der Waals surface area (Å²) in [5.41, 5.74) is 1.16. The lowest BCUT2D eigenvalue weighted by molar-refractivity contribution is -0.112. The number of aryl methyl sites for hydroxylation is 1. The van der Waals surface area contributed by atoms with Gasteiger partial charge in [0.05, 0.1) is 17.3 Å². The second-order valence-corrected chi connectivity index (χ2v) is 3.98. The van der Waals surface area contributed by atoms with Crippen molar-refractivity contribution in [3.63, 3.8) is 0 Å². The average Bonchev–Trinajstić information content (AvgIpc) is 2.84. The lowest BCUT2D eigenvalue weighted by atomic mass is 10.2. The molecular weight excluding hydrogens is 242 g/mol. The SMILES string of the molecule is Cn1cccc1C(=O)C(=O)Nc1cccc(C#N)c1. The maximum atomic E-state index is 11.9. The number of hydrogen-bond donors (Lipinski definition) is 1. The molecular formula is C14H11N3O2. The Kier molecular flexibility index (Phi) is 3.44. The summed E-state index contributed by atoms with van der Waals surface area (Å²) in [6, 6.07) is 11.6. The Morgan fingerprint density at radius 3 is 2.68 bits per heavy atom. The summed E-state index contributed by atoms with van der Waals surface area (Å²) < 4.78 is 1.58. The molecule has 0 unspecified atom stereocenters. The van der Waals surface area contributed by atoms with Gasteiger partial charge in [-0.25, -0.2) is 0 Å². The monoisotopic (exact) mass is 253 g/mol. The smallest absolute Gasteiger partial charge is 0.298 e. The van der Waals surface area contributed by atoms with Crippen LogP contribution in [0.5, 0.6) is 0 Å². The molecule has 19 heavy (non-hydrogen) atoms. The predicted octanol–water partition coefficient (Wildman–Crippen LogP) is 1.72. The molecule has 0 saturated heterocycles. The van der Waals surface area contributed by atoms with Gasteiger partial charge in [0, 0.05) is 18.9 Å². The summed E-state index contributed by atoms with van der Waals surface area (Å²) in [4.78, 5) is 23.7. The largest absolute Gasteiger partial charge is 0.348 e. The minimum atomic E-state index is -0.725. The normalized spacial score (nSPS) is 9.68. The number of anilines is 1. The number of carbonyl (C=O) groups is 2. The Morgan fingerprint density at radius 1 is 1.26 bits per heavy atom. The van der Waals surface area contributed by atoms with Gasteiger partial charge in [-0.3, -0.25) is 9.59 Å². The van der Waals surface area contributed by atoms with Crippen LogP contribution in [-0.2, 0) is 11.8 Å². The van der Waals surface area contributed by atoms with E-state index in [9.17, 15) is 9.59 Å². The van der Waals surface area contributed by atoms with E-state index in [2.05, 4.69) is 5.32 Å². The van der Waals surface area contributed by atoms with Gasteiger partial charge in [-0.1, -0.05) is 6.07 Å². The molecule has 1 amide bonds. The summed E-state index contributed by atoms with van der Waals surface area (Å²) in [5, 5.41) is 11.2. The van der Waals surface area contributed by atoms with E-state index in [0.717, 1.165) is 0 Å². The van der Waals surface area contributed by atoms with Crippen LogP contribution in [0.25, 0.3) is 0 Å². The number of ketones is 1. The first-order chi connectivity index (χ1) is 9.11. The fraction of sp³-hybridized carbons (Fsp3) is 0.0714. The van der Waals surface area contributed by atoms with Gasteiger partial charge < -0.3 is 9.88 Å². The predicted molar refractivity (Wildman–Crippen MR) is 69.5 cm³/mol. The number of Topliss-reactive ketones (excluding diaryl/α,β-unsaturated/α-hetero) is 1. The highest BCUT2D eigenvalue weighted by Crippen LogP contribution is 2.10. The van der Waals surface area contributed by atoms with Gasteiger partial charge in [-0.05, 0) is 30.3 Å². The molecule has 2 aromatic rings. The molecule has 0 bridgehead atoms. The third-order valence-corrected chi connectivity index (χ3v) is 2.63. The van der Waals surface area contributed by atoms with E-state index < -0.39 is 11.7 Å². The molecule has 1 aromatic heterocycles. The third kappa shape index (κ3) is 2.69. The van der Waals surface area contributed by atoms with Crippen molar-refractivity contribution in [2.24, 2.45) is 7.05 Å². The maximum absolute atomic E-state index is 11.9. The summed E-state index contributed by atoms with van der Waals surface area (Å²) >= 11 is 0. The lowest BCUT2D eigenvalue weighted by Gasteiger charge is -2.05. The Morgan fingerprint density at radius 2 is 2.05 bits per heavy atom. The first-order valence-electron chi connectivity index (χ1n) is 5.59. The molecule has 1 heterocycles. The molecule has 0 fully saturated rings. The average molecular weight is 253 g/mol. The molecule has 0 saturated carbocycles. The molecule has 2 rings (SSSR count). The number of nitrogens with zero attached hydrogens (tertiary/aromatic N) is 2. The van der Waals surface area contributed by atoms with Gasteiger partial charge in [0.2, 0.25) is 0 Å². The van der Waals surface area contributed by atoms with E-state index in [4.69, 9.17) is 5.26 Å². The van der Waals surface area contributed by atoms with Crippen molar-refractivity contribution >= 4 is 17.4 Å². The van der Waals surface area contributed by atoms with Crippen molar-refractivity contribution in [2.45, 2.75) is 0 Å². The number of nitriles is 1. The summed E-state index contributed by atoms with van der Waals surface area (Å²) in [5.74, 6) is -1.34. The fourth-order valence-electron chi connectivity index (χ4n) is 1.67. The van der Waals surface area contributed by atoms with Gasteiger partial charge in [0.25, 0.3) is 11.7 Å². The molecule has 0 aliphatic heterocycles. The van der Waals surface area contributed by atoms with E-state index >= 15 is 0 Å². The minimum absolute atomic E-state index is 0.314. The first-order valence-corrected chi connectivity index (χ1v) is 5.59. The van der Waals surface area contributed by atoms with E-state index in [0.29, 0.717) is 16.9 Å². The molecule has 94 valence electrons. The number of nitrogens with one attached hydrogen (secondary N) is 1. The number of carbonyl (C=O) groups excluding carboxylic acids is 2. The quantitative estimate of drug-likeness (QED) is 0.668. The van der Waals surface area contributed by atoms with Crippen molar-refractivity contribution in [1.29, 1.82) is 5.26 Å². The summed E-state index contributed by atoms with van der Waals surface area (Å²) in [7, 11) is 1.69. The Hall–Kier alpha value is -2.87. The number of aromatic nitrogens is 1. The van der Waals surface area contributed by atoms with Crippen molar-refractivity contribution in [2.75, 3.05) is 5.32 Å². The number of amides is 1. The van der Waals surface area contributed by atoms with Crippen LogP contribution in [0.4, 0.5) is 5.69 Å². The van der Waals surface area contributed by atoms with Crippen LogP contribution in [-0.4, -0.2) is 16.3 Å². The van der Waals surface area contributed by atoms with E-state index in [1.807, 2.05) is 6.07 Å². The van der Waals surface area contributed by atoms with Crippen LogP contribution in [0.3, 0.4) is 0 Å². The number of benzene rings is 1. The van der Waals surface area contributed by atoms with Crippen LogP contribution in [0.2, 0.25) is 0 Å². The second kappa shape index (κ2) is 5.19. The highest BCUT2D eigenvalue weighted by Gasteiger charge is 2.18. The van der Waals surface area contributed by atoms with Gasteiger partial charge in [-0.2, -0.15) is 5.26 Å². The van der Waals surface area contributed by atoms with Gasteiger partial charge in [0.15, 0.2) is 0 Å². The lowest BCUT2D eigenvalue weighted by Crippen LogP contribution is -2.24. The molecule has 1 aromatic carbocycles. The Bertz CT molecular complexity index is 680. The Labute approximate surface area is 110 Å². The number of rotatable bonds is 3. The molecule has 1 N–H and O–H groups in total. The van der Waals surface area contributed by atoms with E-state index in [-0.39, 0.29) is 0 Å². The highest BCUT2D eigenvalue weighted by atomic mass is 16.2. The summed E-state index contributed by atoms with van der Waals surface area (Å²) in [6.07, 6.45) is 1.69. The van der Waals surface area contributed by atoms with Crippen LogP contribution in [0, 0.1) is 11.3 Å². The summed E-state index contributed by atoms with van der Waals surface area (Å²) in [6.45, 7) is 0. The van der Waals surface area contributed by atoms with E-state index in [1.54, 1.807) is 48.1 Å². The topological polar surface area (TPSA) is 74.9 Å². The molecule has 0 aliphatic carbocycles. The number of hydrogen-bond acceptors (Lipinski definition) is 3. The molecule has 0 atom stereocenters. The van der Waals surface area contributed by atoms with Crippen LogP contribution < -0.4 is 5.32 Å². The zero-order valence-electron chi connectivity index (χ0n) is 10.3. The zero-order chi connectivity index (χ0) is 13.8. The molecule has 0 aliphatic rings. The molecule has 0 spiro atoms. The van der Waals surface area contributed by atoms with Crippen LogP contribution >= 0.6 is 0 Å². The third-order valence-electron chi connectivity index (χ3n) is 2.63.